The smallest absolute Gasteiger partial charge is 0.252 e. The summed E-state index contributed by atoms with van der Waals surface area (Å²) in [4.78, 5) is 31.4. The number of hydrogen-bond acceptors (Lipinski definition) is 3. The minimum Gasteiger partial charge on any atom is -0.353 e. The van der Waals surface area contributed by atoms with E-state index in [4.69, 9.17) is 0 Å². The molecule has 3 heterocycles. The number of benzene rings is 1. The molecule has 1 spiro atoms. The van der Waals surface area contributed by atoms with Gasteiger partial charge in [0.15, 0.2) is 0 Å². The van der Waals surface area contributed by atoms with Gasteiger partial charge < -0.3 is 10.2 Å². The Bertz CT molecular complexity index is 786. The van der Waals surface area contributed by atoms with Crippen molar-refractivity contribution in [1.29, 1.82) is 0 Å². The average Bonchev–Trinajstić information content (AvgIpc) is 3.26. The Morgan fingerprint density at radius 3 is 2.61 bits per heavy atom. The molecule has 3 aliphatic heterocycles. The molecule has 0 aromatic heterocycles. The Kier molecular flexibility index (Phi) is 4.46. The number of carbonyl (C=O) groups is 2. The number of para-hydroxylation sites is 1. The van der Waals surface area contributed by atoms with Crippen LogP contribution >= 0.6 is 0 Å². The van der Waals surface area contributed by atoms with E-state index in [0.717, 1.165) is 49.9 Å². The fourth-order valence-corrected chi connectivity index (χ4v) is 6.39. The number of fused-ring (bicyclic) bond motifs is 4. The van der Waals surface area contributed by atoms with Crippen molar-refractivity contribution in [1.82, 2.24) is 10.2 Å². The maximum atomic E-state index is 13.7. The molecule has 1 aromatic carbocycles. The van der Waals surface area contributed by atoms with Crippen LogP contribution in [0.4, 0.5) is 5.69 Å². The molecule has 150 valence electrons. The number of nitrogens with one attached hydrogen (secondary N) is 1. The van der Waals surface area contributed by atoms with Crippen molar-refractivity contribution in [2.24, 2.45) is 5.92 Å². The number of nitrogens with zero attached hydrogens (tertiary/aromatic N) is 2. The van der Waals surface area contributed by atoms with Crippen molar-refractivity contribution >= 4 is 17.5 Å². The van der Waals surface area contributed by atoms with Gasteiger partial charge in [-0.05, 0) is 44.7 Å². The molecule has 1 aliphatic carbocycles. The molecule has 2 saturated heterocycles. The summed E-state index contributed by atoms with van der Waals surface area (Å²) in [5, 5.41) is 3.37. The molecule has 0 radical (unpaired) electrons. The third-order valence-electron chi connectivity index (χ3n) is 7.67. The Hall–Kier alpha value is -1.88. The Labute approximate surface area is 167 Å². The molecular formula is C23H31N3O2. The first-order chi connectivity index (χ1) is 13.6. The minimum atomic E-state index is -0.804. The molecule has 5 nitrogen and oxygen atoms in total. The van der Waals surface area contributed by atoms with Crippen LogP contribution in [0.1, 0.15) is 63.4 Å². The monoisotopic (exact) mass is 381 g/mol. The summed E-state index contributed by atoms with van der Waals surface area (Å²) in [6, 6.07) is 8.70. The predicted molar refractivity (Wildman–Crippen MR) is 109 cm³/mol. The maximum absolute atomic E-state index is 13.7. The average molecular weight is 382 g/mol. The van der Waals surface area contributed by atoms with Crippen LogP contribution in [0.5, 0.6) is 0 Å². The van der Waals surface area contributed by atoms with Crippen molar-refractivity contribution in [3.8, 4) is 0 Å². The summed E-state index contributed by atoms with van der Waals surface area (Å²) < 4.78 is 0. The Balaban J connectivity index is 1.52. The molecule has 5 heteroatoms. The number of likely N-dealkylation sites (N-methyl/N-ethyl adjacent to an activating group) is 1. The predicted octanol–water partition coefficient (Wildman–Crippen LogP) is 3.18. The van der Waals surface area contributed by atoms with E-state index in [0.29, 0.717) is 6.04 Å². The zero-order valence-electron chi connectivity index (χ0n) is 16.8. The lowest BCUT2D eigenvalue weighted by Crippen LogP contribution is -2.56. The van der Waals surface area contributed by atoms with Crippen LogP contribution in [0.25, 0.3) is 0 Å². The lowest BCUT2D eigenvalue weighted by Gasteiger charge is -2.37. The van der Waals surface area contributed by atoms with Crippen LogP contribution in [0.2, 0.25) is 0 Å². The Morgan fingerprint density at radius 2 is 1.82 bits per heavy atom. The maximum Gasteiger partial charge on any atom is 0.252 e. The third kappa shape index (κ3) is 2.48. The molecular weight excluding hydrogens is 350 g/mol. The van der Waals surface area contributed by atoms with Gasteiger partial charge in [-0.15, -0.1) is 0 Å². The SMILES string of the molecule is CN1C(=O)C2(c3ccccc31)C(C(=O)NC1CCCCCC1)CC1CCCN12. The van der Waals surface area contributed by atoms with E-state index < -0.39 is 5.54 Å². The molecule has 5 rings (SSSR count). The van der Waals surface area contributed by atoms with Crippen molar-refractivity contribution in [2.45, 2.75) is 75.4 Å². The second kappa shape index (κ2) is 6.87. The molecule has 1 aromatic rings. The first-order valence-electron chi connectivity index (χ1n) is 11.1. The summed E-state index contributed by atoms with van der Waals surface area (Å²) in [5.41, 5.74) is 1.20. The fourth-order valence-electron chi connectivity index (χ4n) is 6.39. The van der Waals surface area contributed by atoms with Crippen LogP contribution in [0.15, 0.2) is 24.3 Å². The van der Waals surface area contributed by atoms with E-state index in [2.05, 4.69) is 16.3 Å². The van der Waals surface area contributed by atoms with E-state index in [-0.39, 0.29) is 23.8 Å². The number of rotatable bonds is 2. The summed E-state index contributed by atoms with van der Waals surface area (Å²) in [5.74, 6) is -0.112. The van der Waals surface area contributed by atoms with E-state index >= 15 is 0 Å². The zero-order chi connectivity index (χ0) is 19.3. The van der Waals surface area contributed by atoms with E-state index in [1.165, 1.54) is 25.7 Å². The highest BCUT2D eigenvalue weighted by molar-refractivity contribution is 6.10. The van der Waals surface area contributed by atoms with Gasteiger partial charge in [-0.1, -0.05) is 43.9 Å². The highest BCUT2D eigenvalue weighted by atomic mass is 16.2. The lowest BCUT2D eigenvalue weighted by atomic mass is 9.78. The van der Waals surface area contributed by atoms with Crippen molar-refractivity contribution in [3.05, 3.63) is 29.8 Å². The van der Waals surface area contributed by atoms with E-state index in [1.54, 1.807) is 4.90 Å². The van der Waals surface area contributed by atoms with Gasteiger partial charge in [-0.25, -0.2) is 0 Å². The Morgan fingerprint density at radius 1 is 1.07 bits per heavy atom. The zero-order valence-corrected chi connectivity index (χ0v) is 16.8. The van der Waals surface area contributed by atoms with E-state index in [9.17, 15) is 9.59 Å². The first kappa shape index (κ1) is 18.2. The van der Waals surface area contributed by atoms with Gasteiger partial charge in [0.25, 0.3) is 5.91 Å². The molecule has 1 saturated carbocycles. The van der Waals surface area contributed by atoms with Gasteiger partial charge in [0.05, 0.1) is 5.92 Å². The molecule has 1 N–H and O–H groups in total. The van der Waals surface area contributed by atoms with Crippen LogP contribution in [-0.4, -0.2) is 42.4 Å². The summed E-state index contributed by atoms with van der Waals surface area (Å²) >= 11 is 0. The second-order valence-electron chi connectivity index (χ2n) is 9.12. The molecule has 0 bridgehead atoms. The molecule has 28 heavy (non-hydrogen) atoms. The van der Waals surface area contributed by atoms with E-state index in [1.807, 2.05) is 25.2 Å². The quantitative estimate of drug-likeness (QED) is 0.801. The number of anilines is 1. The van der Waals surface area contributed by atoms with Gasteiger partial charge in [0.1, 0.15) is 5.54 Å². The lowest BCUT2D eigenvalue weighted by molar-refractivity contribution is -0.139. The van der Waals surface area contributed by atoms with Gasteiger partial charge in [-0.2, -0.15) is 0 Å². The third-order valence-corrected chi connectivity index (χ3v) is 7.67. The first-order valence-corrected chi connectivity index (χ1v) is 11.1. The number of hydrogen-bond donors (Lipinski definition) is 1. The van der Waals surface area contributed by atoms with Gasteiger partial charge in [0.2, 0.25) is 5.91 Å². The summed E-state index contributed by atoms with van der Waals surface area (Å²) in [6.45, 7) is 0.909. The molecule has 3 unspecified atom stereocenters. The van der Waals surface area contributed by atoms with Crippen molar-refractivity contribution in [3.63, 3.8) is 0 Å². The number of amides is 2. The van der Waals surface area contributed by atoms with Gasteiger partial charge in [-0.3, -0.25) is 14.5 Å². The van der Waals surface area contributed by atoms with Crippen LogP contribution in [-0.2, 0) is 15.1 Å². The highest BCUT2D eigenvalue weighted by Gasteiger charge is 2.66. The minimum absolute atomic E-state index is 0.0825. The van der Waals surface area contributed by atoms with Crippen LogP contribution in [0.3, 0.4) is 0 Å². The second-order valence-corrected chi connectivity index (χ2v) is 9.12. The topological polar surface area (TPSA) is 52.7 Å². The molecule has 4 aliphatic rings. The van der Waals surface area contributed by atoms with Gasteiger partial charge >= 0.3 is 0 Å². The van der Waals surface area contributed by atoms with Crippen LogP contribution < -0.4 is 10.2 Å². The van der Waals surface area contributed by atoms with Crippen LogP contribution in [0, 0.1) is 5.92 Å². The standard InChI is InChI=1S/C23H31N3O2/c1-25-20-13-7-6-12-18(20)23(22(25)28)19(15-17-11-8-14-26(17)23)21(27)24-16-9-4-2-3-5-10-16/h6-7,12-13,16-17,19H,2-5,8-11,14-15H2,1H3,(H,24,27). The van der Waals surface area contributed by atoms with Crippen molar-refractivity contribution < 1.29 is 9.59 Å². The molecule has 2 amide bonds. The highest BCUT2D eigenvalue weighted by Crippen LogP contribution is 2.56. The summed E-state index contributed by atoms with van der Waals surface area (Å²) in [7, 11) is 1.86. The largest absolute Gasteiger partial charge is 0.353 e. The van der Waals surface area contributed by atoms with Crippen molar-refractivity contribution in [2.75, 3.05) is 18.5 Å². The summed E-state index contributed by atoms with van der Waals surface area (Å²) in [6.07, 6.45) is 10.1. The molecule has 3 fully saturated rings. The normalized spacial score (nSPS) is 33.2. The van der Waals surface area contributed by atoms with Gasteiger partial charge in [0, 0.05) is 30.4 Å². The number of carbonyl (C=O) groups excluding carboxylic acids is 2. The molecule has 3 atom stereocenters. The fraction of sp³-hybridized carbons (Fsp3) is 0.652.